The molecule has 1 atom stereocenters. The van der Waals surface area contributed by atoms with Crippen LogP contribution >= 0.6 is 0 Å². The van der Waals surface area contributed by atoms with Crippen LogP contribution in [0.5, 0.6) is 0 Å². The highest BCUT2D eigenvalue weighted by Gasteiger charge is 2.14. The van der Waals surface area contributed by atoms with Gasteiger partial charge in [-0.1, -0.05) is 42.5 Å². The first kappa shape index (κ1) is 15.5. The monoisotopic (exact) mass is 311 g/mol. The fourth-order valence-corrected chi connectivity index (χ4v) is 2.66. The highest BCUT2D eigenvalue weighted by Crippen LogP contribution is 2.21. The summed E-state index contributed by atoms with van der Waals surface area (Å²) < 4.78 is 11.0. The van der Waals surface area contributed by atoms with E-state index in [1.165, 1.54) is 0 Å². The third-order valence-corrected chi connectivity index (χ3v) is 4.01. The van der Waals surface area contributed by atoms with Crippen molar-refractivity contribution in [1.82, 2.24) is 4.98 Å². The van der Waals surface area contributed by atoms with Gasteiger partial charge in [-0.05, 0) is 25.2 Å². The molecule has 0 spiro atoms. The van der Waals surface area contributed by atoms with Gasteiger partial charge in [0.05, 0.1) is 19.2 Å². The van der Waals surface area contributed by atoms with E-state index in [4.69, 9.17) is 9.15 Å². The topological polar surface area (TPSA) is 52.3 Å². The third-order valence-electron chi connectivity index (χ3n) is 4.01. The summed E-state index contributed by atoms with van der Waals surface area (Å²) in [5.41, 5.74) is 0.985. The van der Waals surface area contributed by atoms with E-state index in [2.05, 4.69) is 17.1 Å². The molecule has 0 radical (unpaired) electrons. The molecule has 3 rings (SSSR count). The van der Waals surface area contributed by atoms with Crippen LogP contribution in [0, 0.1) is 5.92 Å². The van der Waals surface area contributed by atoms with Gasteiger partial charge >= 0.3 is 5.97 Å². The zero-order valence-electron chi connectivity index (χ0n) is 13.1. The second-order valence-corrected chi connectivity index (χ2v) is 5.82. The largest absolute Gasteiger partial charge is 0.465 e. The number of oxazole rings is 1. The van der Waals surface area contributed by atoms with Crippen LogP contribution < -0.4 is 0 Å². The SMILES string of the molecule is O=C(CCc1ncc(-c2ccccc2)o1)OCC1CC=CCC1. The summed E-state index contributed by atoms with van der Waals surface area (Å²) >= 11 is 0. The molecule has 1 aliphatic rings. The molecule has 4 heteroatoms. The maximum absolute atomic E-state index is 11.8. The molecule has 4 nitrogen and oxygen atoms in total. The number of carbonyl (C=O) groups excluding carboxylic acids is 1. The smallest absolute Gasteiger partial charge is 0.306 e. The number of aryl methyl sites for hydroxylation is 1. The van der Waals surface area contributed by atoms with Crippen LogP contribution in [0.2, 0.25) is 0 Å². The van der Waals surface area contributed by atoms with Crippen molar-refractivity contribution in [3.63, 3.8) is 0 Å². The van der Waals surface area contributed by atoms with Crippen LogP contribution in [-0.4, -0.2) is 17.6 Å². The zero-order valence-corrected chi connectivity index (χ0v) is 13.1. The average molecular weight is 311 g/mol. The molecule has 1 aromatic heterocycles. The highest BCUT2D eigenvalue weighted by molar-refractivity contribution is 5.69. The Morgan fingerprint density at radius 3 is 2.91 bits per heavy atom. The second-order valence-electron chi connectivity index (χ2n) is 5.82. The Kier molecular flexibility index (Phi) is 5.25. The molecule has 1 aliphatic carbocycles. The summed E-state index contributed by atoms with van der Waals surface area (Å²) in [6, 6.07) is 9.80. The molecule has 0 saturated heterocycles. The molecule has 2 aromatic rings. The quantitative estimate of drug-likeness (QED) is 0.593. The lowest BCUT2D eigenvalue weighted by Gasteiger charge is -2.17. The number of nitrogens with zero attached hydrogens (tertiary/aromatic N) is 1. The Morgan fingerprint density at radius 2 is 2.13 bits per heavy atom. The first-order valence-electron chi connectivity index (χ1n) is 8.12. The number of esters is 1. The predicted octanol–water partition coefficient (Wildman–Crippen LogP) is 4.17. The molecule has 0 N–H and O–H groups in total. The van der Waals surface area contributed by atoms with E-state index in [0.717, 1.165) is 30.6 Å². The molecular weight excluding hydrogens is 290 g/mol. The minimum Gasteiger partial charge on any atom is -0.465 e. The second kappa shape index (κ2) is 7.77. The van der Waals surface area contributed by atoms with E-state index in [1.807, 2.05) is 30.3 Å². The van der Waals surface area contributed by atoms with Crippen molar-refractivity contribution < 1.29 is 13.9 Å². The lowest BCUT2D eigenvalue weighted by atomic mass is 9.95. The van der Waals surface area contributed by atoms with Gasteiger partial charge in [-0.25, -0.2) is 4.98 Å². The lowest BCUT2D eigenvalue weighted by molar-refractivity contribution is -0.145. The minimum absolute atomic E-state index is 0.181. The number of benzene rings is 1. The Labute approximate surface area is 136 Å². The zero-order chi connectivity index (χ0) is 15.9. The summed E-state index contributed by atoms with van der Waals surface area (Å²) in [5, 5.41) is 0. The van der Waals surface area contributed by atoms with Gasteiger partial charge in [0, 0.05) is 12.0 Å². The first-order chi connectivity index (χ1) is 11.3. The van der Waals surface area contributed by atoms with Crippen molar-refractivity contribution in [2.75, 3.05) is 6.61 Å². The van der Waals surface area contributed by atoms with E-state index in [9.17, 15) is 4.79 Å². The van der Waals surface area contributed by atoms with E-state index < -0.39 is 0 Å². The molecule has 0 amide bonds. The predicted molar refractivity (Wildman–Crippen MR) is 87.7 cm³/mol. The standard InChI is InChI=1S/C19H21NO3/c21-19(22-14-15-7-3-1-4-8-15)12-11-18-20-13-17(23-18)16-9-5-2-6-10-16/h1-3,5-6,9-10,13,15H,4,7-8,11-12,14H2. The van der Waals surface area contributed by atoms with Gasteiger partial charge in [-0.15, -0.1) is 0 Å². The molecule has 0 fully saturated rings. The van der Waals surface area contributed by atoms with E-state index in [1.54, 1.807) is 6.20 Å². The van der Waals surface area contributed by atoms with E-state index in [-0.39, 0.29) is 5.97 Å². The van der Waals surface area contributed by atoms with E-state index >= 15 is 0 Å². The molecule has 0 saturated carbocycles. The Morgan fingerprint density at radius 1 is 1.26 bits per heavy atom. The summed E-state index contributed by atoms with van der Waals surface area (Å²) in [4.78, 5) is 16.1. The Bertz CT molecular complexity index is 660. The maximum atomic E-state index is 11.8. The Balaban J connectivity index is 1.44. The third kappa shape index (κ3) is 4.55. The summed E-state index contributed by atoms with van der Waals surface area (Å²) in [6.07, 6.45) is 10.0. The number of carbonyl (C=O) groups is 1. The minimum atomic E-state index is -0.181. The maximum Gasteiger partial charge on any atom is 0.306 e. The van der Waals surface area contributed by atoms with Crippen LogP contribution in [0.3, 0.4) is 0 Å². The summed E-state index contributed by atoms with van der Waals surface area (Å²) in [5.74, 6) is 1.58. The number of aromatic nitrogens is 1. The van der Waals surface area contributed by atoms with Gasteiger partial charge < -0.3 is 9.15 Å². The van der Waals surface area contributed by atoms with Crippen LogP contribution in [0.25, 0.3) is 11.3 Å². The number of allylic oxidation sites excluding steroid dienone is 2. The summed E-state index contributed by atoms with van der Waals surface area (Å²) in [7, 11) is 0. The Hall–Kier alpha value is -2.36. The van der Waals surface area contributed by atoms with Crippen molar-refractivity contribution in [3.05, 3.63) is 54.6 Å². The molecule has 23 heavy (non-hydrogen) atoms. The van der Waals surface area contributed by atoms with Gasteiger partial charge in [-0.2, -0.15) is 0 Å². The first-order valence-corrected chi connectivity index (χ1v) is 8.12. The van der Waals surface area contributed by atoms with Crippen LogP contribution in [0.15, 0.2) is 53.1 Å². The average Bonchev–Trinajstić information content (AvgIpc) is 3.09. The van der Waals surface area contributed by atoms with Crippen molar-refractivity contribution >= 4 is 5.97 Å². The van der Waals surface area contributed by atoms with Gasteiger partial charge in [0.2, 0.25) is 0 Å². The fraction of sp³-hybridized carbons (Fsp3) is 0.368. The highest BCUT2D eigenvalue weighted by atomic mass is 16.5. The van der Waals surface area contributed by atoms with Gasteiger partial charge in [0.25, 0.3) is 0 Å². The number of rotatable bonds is 6. The van der Waals surface area contributed by atoms with Crippen molar-refractivity contribution in [2.45, 2.75) is 32.1 Å². The van der Waals surface area contributed by atoms with Gasteiger partial charge in [0.15, 0.2) is 11.7 Å². The van der Waals surface area contributed by atoms with Crippen LogP contribution in [0.4, 0.5) is 0 Å². The lowest BCUT2D eigenvalue weighted by Crippen LogP contribution is -2.15. The van der Waals surface area contributed by atoms with Crippen molar-refractivity contribution in [3.8, 4) is 11.3 Å². The normalized spacial score (nSPS) is 17.1. The fourth-order valence-electron chi connectivity index (χ4n) is 2.66. The molecule has 1 aromatic carbocycles. The molecule has 1 heterocycles. The van der Waals surface area contributed by atoms with Crippen molar-refractivity contribution in [2.24, 2.45) is 5.92 Å². The van der Waals surface area contributed by atoms with Crippen LogP contribution in [-0.2, 0) is 16.0 Å². The van der Waals surface area contributed by atoms with E-state index in [0.29, 0.717) is 31.3 Å². The number of hydrogen-bond acceptors (Lipinski definition) is 4. The molecular formula is C19H21NO3. The molecule has 0 bridgehead atoms. The van der Waals surface area contributed by atoms with Gasteiger partial charge in [0.1, 0.15) is 0 Å². The summed E-state index contributed by atoms with van der Waals surface area (Å²) in [6.45, 7) is 0.518. The van der Waals surface area contributed by atoms with Gasteiger partial charge in [-0.3, -0.25) is 4.79 Å². The molecule has 1 unspecified atom stereocenters. The van der Waals surface area contributed by atoms with Crippen molar-refractivity contribution in [1.29, 1.82) is 0 Å². The molecule has 120 valence electrons. The van der Waals surface area contributed by atoms with Crippen LogP contribution in [0.1, 0.15) is 31.6 Å². The molecule has 0 aliphatic heterocycles. The number of hydrogen-bond donors (Lipinski definition) is 0. The number of ether oxygens (including phenoxy) is 1.